The highest BCUT2D eigenvalue weighted by Crippen LogP contribution is 2.39. The molecule has 0 fully saturated rings. The molecule has 0 spiro atoms. The minimum Gasteiger partial charge on any atom is -0.491 e. The van der Waals surface area contributed by atoms with Gasteiger partial charge in [0.1, 0.15) is 11.5 Å². The van der Waals surface area contributed by atoms with E-state index in [9.17, 15) is 5.11 Å². The van der Waals surface area contributed by atoms with Crippen LogP contribution in [0.2, 0.25) is 0 Å². The summed E-state index contributed by atoms with van der Waals surface area (Å²) in [4.78, 5) is 4.43. The third kappa shape index (κ3) is 3.77. The Bertz CT molecular complexity index is 1040. The van der Waals surface area contributed by atoms with Gasteiger partial charge in [0.25, 0.3) is 0 Å². The van der Waals surface area contributed by atoms with Gasteiger partial charge in [0.2, 0.25) is 5.89 Å². The predicted molar refractivity (Wildman–Crippen MR) is 111 cm³/mol. The average molecular weight is 394 g/mol. The molecule has 2 aromatic carbocycles. The smallest absolute Gasteiger partial charge is 0.226 e. The summed E-state index contributed by atoms with van der Waals surface area (Å²) in [6.45, 7) is 3.83. The molecular weight excluding hydrogens is 368 g/mol. The summed E-state index contributed by atoms with van der Waals surface area (Å²) in [5.41, 5.74) is 22.0. The Hall–Kier alpha value is -2.71. The lowest BCUT2D eigenvalue weighted by Crippen LogP contribution is -2.54. The number of hydrogen-bond donors (Lipinski definition) is 4. The van der Waals surface area contributed by atoms with Crippen molar-refractivity contribution in [2.45, 2.75) is 44.7 Å². The summed E-state index contributed by atoms with van der Waals surface area (Å²) in [5, 5.41) is 10.1. The van der Waals surface area contributed by atoms with Crippen molar-refractivity contribution in [2.24, 2.45) is 17.2 Å². The molecule has 1 heterocycles. The Balaban J connectivity index is 1.72. The Morgan fingerprint density at radius 2 is 2.00 bits per heavy atom. The fourth-order valence-corrected chi connectivity index (χ4v) is 3.75. The largest absolute Gasteiger partial charge is 0.491 e. The second kappa shape index (κ2) is 7.27. The van der Waals surface area contributed by atoms with Crippen LogP contribution in [0.15, 0.2) is 47.0 Å². The highest BCUT2D eigenvalue weighted by atomic mass is 16.5. The number of rotatable bonds is 5. The van der Waals surface area contributed by atoms with Gasteiger partial charge in [-0.05, 0) is 56.0 Å². The first-order chi connectivity index (χ1) is 13.7. The summed E-state index contributed by atoms with van der Waals surface area (Å²) in [6, 6.07) is 11.2. The van der Waals surface area contributed by atoms with E-state index in [-0.39, 0.29) is 6.10 Å². The van der Waals surface area contributed by atoms with E-state index >= 15 is 0 Å². The summed E-state index contributed by atoms with van der Waals surface area (Å²) < 4.78 is 11.8. The molecule has 3 aromatic rings. The monoisotopic (exact) mass is 394 g/mol. The van der Waals surface area contributed by atoms with E-state index < -0.39 is 11.9 Å². The van der Waals surface area contributed by atoms with Crippen molar-refractivity contribution in [3.05, 3.63) is 59.3 Å². The zero-order valence-electron chi connectivity index (χ0n) is 16.6. The Labute approximate surface area is 169 Å². The Kier molecular flexibility index (Phi) is 4.92. The van der Waals surface area contributed by atoms with E-state index in [0.717, 1.165) is 29.5 Å². The standard InChI is InChI=1S/C22H26N4O3/c1-12(2)28-19-9-6-13(10-17(19)22(23,24)25)21-26-11-20(29-21)16-5-3-4-15-14(16)7-8-18(15)27/h3-6,9-12,18,27H,7-8,23-25H2,1-2H3. The third-order valence-corrected chi connectivity index (χ3v) is 5.07. The zero-order chi connectivity index (χ0) is 20.8. The molecule has 4 rings (SSSR count). The fraction of sp³-hybridized carbons (Fsp3) is 0.318. The van der Waals surface area contributed by atoms with Gasteiger partial charge in [-0.2, -0.15) is 0 Å². The highest BCUT2D eigenvalue weighted by molar-refractivity contribution is 5.67. The number of benzene rings is 2. The molecule has 0 radical (unpaired) electrons. The van der Waals surface area contributed by atoms with E-state index in [1.165, 1.54) is 0 Å². The summed E-state index contributed by atoms with van der Waals surface area (Å²) in [7, 11) is 0. The third-order valence-electron chi connectivity index (χ3n) is 5.07. The maximum Gasteiger partial charge on any atom is 0.226 e. The van der Waals surface area contributed by atoms with Crippen LogP contribution in [-0.2, 0) is 12.2 Å². The molecule has 0 aliphatic heterocycles. The van der Waals surface area contributed by atoms with Crippen molar-refractivity contribution in [1.29, 1.82) is 0 Å². The minimum atomic E-state index is -1.56. The van der Waals surface area contributed by atoms with Crippen LogP contribution in [0.25, 0.3) is 22.8 Å². The number of aliphatic hydroxyl groups excluding tert-OH is 1. The highest BCUT2D eigenvalue weighted by Gasteiger charge is 2.26. The van der Waals surface area contributed by atoms with Crippen molar-refractivity contribution in [1.82, 2.24) is 4.98 Å². The summed E-state index contributed by atoms with van der Waals surface area (Å²) >= 11 is 0. The van der Waals surface area contributed by atoms with Crippen LogP contribution in [0.1, 0.15) is 43.1 Å². The first-order valence-corrected chi connectivity index (χ1v) is 9.68. The molecule has 152 valence electrons. The van der Waals surface area contributed by atoms with Gasteiger partial charge >= 0.3 is 0 Å². The van der Waals surface area contributed by atoms with Gasteiger partial charge in [0.05, 0.1) is 18.4 Å². The van der Waals surface area contributed by atoms with Crippen LogP contribution in [0.4, 0.5) is 0 Å². The van der Waals surface area contributed by atoms with Crippen molar-refractivity contribution in [2.75, 3.05) is 0 Å². The van der Waals surface area contributed by atoms with E-state index in [2.05, 4.69) is 4.98 Å². The average Bonchev–Trinajstić information content (AvgIpc) is 3.28. The molecule has 7 nitrogen and oxygen atoms in total. The number of fused-ring (bicyclic) bond motifs is 1. The van der Waals surface area contributed by atoms with E-state index in [1.807, 2.05) is 38.1 Å². The molecule has 7 N–H and O–H groups in total. The maximum absolute atomic E-state index is 10.1. The van der Waals surface area contributed by atoms with Crippen LogP contribution < -0.4 is 21.9 Å². The summed E-state index contributed by atoms with van der Waals surface area (Å²) in [6.07, 6.45) is 2.75. The lowest BCUT2D eigenvalue weighted by Gasteiger charge is -2.24. The molecule has 1 aromatic heterocycles. The van der Waals surface area contributed by atoms with Crippen molar-refractivity contribution >= 4 is 0 Å². The van der Waals surface area contributed by atoms with Crippen LogP contribution in [0.3, 0.4) is 0 Å². The van der Waals surface area contributed by atoms with E-state index in [4.69, 9.17) is 26.4 Å². The number of oxazole rings is 1. The maximum atomic E-state index is 10.1. The minimum absolute atomic E-state index is 0.0502. The van der Waals surface area contributed by atoms with E-state index in [0.29, 0.717) is 28.5 Å². The normalized spacial score (nSPS) is 16.3. The topological polar surface area (TPSA) is 134 Å². The van der Waals surface area contributed by atoms with Crippen LogP contribution in [-0.4, -0.2) is 16.2 Å². The van der Waals surface area contributed by atoms with Gasteiger partial charge in [-0.3, -0.25) is 17.2 Å². The SMILES string of the molecule is CC(C)Oc1ccc(-c2ncc(-c3cccc4c3CCC4O)o2)cc1C(N)(N)N. The van der Waals surface area contributed by atoms with Crippen LogP contribution >= 0.6 is 0 Å². The van der Waals surface area contributed by atoms with Gasteiger partial charge in [0, 0.05) is 16.7 Å². The molecule has 1 unspecified atom stereocenters. The first-order valence-electron chi connectivity index (χ1n) is 9.68. The van der Waals surface area contributed by atoms with Gasteiger partial charge in [-0.25, -0.2) is 4.98 Å². The number of nitrogens with zero attached hydrogens (tertiary/aromatic N) is 1. The number of nitrogens with two attached hydrogens (primary N) is 3. The van der Waals surface area contributed by atoms with Gasteiger partial charge in [-0.15, -0.1) is 0 Å². The van der Waals surface area contributed by atoms with E-state index in [1.54, 1.807) is 18.3 Å². The molecular formula is C22H26N4O3. The number of hydrogen-bond acceptors (Lipinski definition) is 7. The molecule has 1 aliphatic carbocycles. The quantitative estimate of drug-likeness (QED) is 0.489. The van der Waals surface area contributed by atoms with Crippen molar-refractivity contribution in [3.8, 4) is 28.5 Å². The van der Waals surface area contributed by atoms with Crippen molar-refractivity contribution < 1.29 is 14.3 Å². The number of ether oxygens (including phenoxy) is 1. The van der Waals surface area contributed by atoms with Gasteiger partial charge in [-0.1, -0.05) is 18.2 Å². The number of aliphatic hydroxyl groups is 1. The lowest BCUT2D eigenvalue weighted by atomic mass is 10.0. The molecule has 7 heteroatoms. The molecule has 0 bridgehead atoms. The molecule has 1 atom stereocenters. The second-order valence-electron chi connectivity index (χ2n) is 7.77. The van der Waals surface area contributed by atoms with Gasteiger partial charge in [0.15, 0.2) is 5.76 Å². The molecule has 0 amide bonds. The fourth-order valence-electron chi connectivity index (χ4n) is 3.75. The van der Waals surface area contributed by atoms with Crippen LogP contribution in [0.5, 0.6) is 5.75 Å². The van der Waals surface area contributed by atoms with Crippen molar-refractivity contribution in [3.63, 3.8) is 0 Å². The lowest BCUT2D eigenvalue weighted by molar-refractivity contribution is 0.180. The molecule has 0 saturated carbocycles. The second-order valence-corrected chi connectivity index (χ2v) is 7.77. The molecule has 0 saturated heterocycles. The Morgan fingerprint density at radius 3 is 2.72 bits per heavy atom. The number of aromatic nitrogens is 1. The van der Waals surface area contributed by atoms with Gasteiger partial charge < -0.3 is 14.3 Å². The predicted octanol–water partition coefficient (Wildman–Crippen LogP) is 2.76. The zero-order valence-corrected chi connectivity index (χ0v) is 16.6. The Morgan fingerprint density at radius 1 is 1.21 bits per heavy atom. The molecule has 29 heavy (non-hydrogen) atoms. The summed E-state index contributed by atoms with van der Waals surface area (Å²) in [5.74, 6) is 0.0386. The molecule has 1 aliphatic rings. The van der Waals surface area contributed by atoms with Crippen LogP contribution in [0, 0.1) is 0 Å². The first kappa shape index (κ1) is 19.6.